The van der Waals surface area contributed by atoms with Crippen LogP contribution in [0.15, 0.2) is 30.3 Å². The molecule has 114 valence electrons. The summed E-state index contributed by atoms with van der Waals surface area (Å²) in [7, 11) is 0. The zero-order valence-corrected chi connectivity index (χ0v) is 12.1. The van der Waals surface area contributed by atoms with Gasteiger partial charge >= 0.3 is 6.61 Å². The highest BCUT2D eigenvalue weighted by Crippen LogP contribution is 2.27. The van der Waals surface area contributed by atoms with E-state index in [2.05, 4.69) is 9.84 Å². The summed E-state index contributed by atoms with van der Waals surface area (Å²) in [6.45, 7) is 1.79. The molecule has 0 fully saturated rings. The third-order valence-corrected chi connectivity index (χ3v) is 3.25. The Morgan fingerprint density at radius 3 is 2.71 bits per heavy atom. The molecule has 0 bridgehead atoms. The maximum absolute atomic E-state index is 12.4. The second-order valence-corrected chi connectivity index (χ2v) is 4.82. The first kappa shape index (κ1) is 15.4. The van der Waals surface area contributed by atoms with Crippen LogP contribution in [-0.2, 0) is 13.0 Å². The van der Waals surface area contributed by atoms with Crippen LogP contribution in [0.5, 0.6) is 5.75 Å². The second-order valence-electron chi connectivity index (χ2n) is 4.82. The summed E-state index contributed by atoms with van der Waals surface area (Å²) < 4.78 is 31.3. The number of rotatable bonds is 6. The van der Waals surface area contributed by atoms with E-state index in [9.17, 15) is 8.78 Å². The molecule has 0 saturated heterocycles. The number of ether oxygens (including phenoxy) is 1. The number of para-hydroxylation sites is 1. The Kier molecular flexibility index (Phi) is 4.90. The van der Waals surface area contributed by atoms with Crippen molar-refractivity contribution in [3.63, 3.8) is 0 Å². The molecular weight excluding hydrogens is 276 g/mol. The predicted octanol–water partition coefficient (Wildman–Crippen LogP) is 3.06. The van der Waals surface area contributed by atoms with Crippen LogP contribution < -0.4 is 10.5 Å². The van der Waals surface area contributed by atoms with Crippen molar-refractivity contribution >= 4 is 0 Å². The molecule has 0 aliphatic rings. The molecule has 0 aliphatic carbocycles. The SMILES string of the molecule is CCn1nc(C)cc1CC(N)c1ccccc1OC(F)F. The van der Waals surface area contributed by atoms with Crippen LogP contribution >= 0.6 is 0 Å². The molecule has 1 aromatic carbocycles. The van der Waals surface area contributed by atoms with E-state index in [0.717, 1.165) is 17.9 Å². The number of halogens is 2. The van der Waals surface area contributed by atoms with Crippen molar-refractivity contribution in [3.8, 4) is 5.75 Å². The summed E-state index contributed by atoms with van der Waals surface area (Å²) in [6, 6.07) is 8.15. The van der Waals surface area contributed by atoms with Crippen molar-refractivity contribution in [1.29, 1.82) is 0 Å². The zero-order chi connectivity index (χ0) is 15.4. The number of aryl methyl sites for hydroxylation is 2. The van der Waals surface area contributed by atoms with Crippen molar-refractivity contribution < 1.29 is 13.5 Å². The summed E-state index contributed by atoms with van der Waals surface area (Å²) in [5.74, 6) is 0.124. The Morgan fingerprint density at radius 1 is 1.33 bits per heavy atom. The number of benzene rings is 1. The topological polar surface area (TPSA) is 53.1 Å². The van der Waals surface area contributed by atoms with Gasteiger partial charge in [0.2, 0.25) is 0 Å². The molecule has 21 heavy (non-hydrogen) atoms. The minimum Gasteiger partial charge on any atom is -0.434 e. The predicted molar refractivity (Wildman–Crippen MR) is 76.3 cm³/mol. The van der Waals surface area contributed by atoms with Gasteiger partial charge in [0.25, 0.3) is 0 Å². The largest absolute Gasteiger partial charge is 0.434 e. The maximum Gasteiger partial charge on any atom is 0.387 e. The first-order chi connectivity index (χ1) is 10.0. The van der Waals surface area contributed by atoms with E-state index in [0.29, 0.717) is 12.0 Å². The lowest BCUT2D eigenvalue weighted by molar-refractivity contribution is -0.0506. The molecule has 1 unspecified atom stereocenters. The molecule has 0 radical (unpaired) electrons. The molecule has 2 aromatic rings. The minimum atomic E-state index is -2.86. The summed E-state index contributed by atoms with van der Waals surface area (Å²) in [5.41, 5.74) is 8.63. The first-order valence-corrected chi connectivity index (χ1v) is 6.84. The summed E-state index contributed by atoms with van der Waals surface area (Å²) >= 11 is 0. The van der Waals surface area contributed by atoms with Crippen LogP contribution in [0.3, 0.4) is 0 Å². The Bertz CT molecular complexity index is 598. The van der Waals surface area contributed by atoms with Crippen LogP contribution in [0.25, 0.3) is 0 Å². The molecule has 2 N–H and O–H groups in total. The van der Waals surface area contributed by atoms with Crippen LogP contribution in [0.4, 0.5) is 8.78 Å². The number of nitrogens with two attached hydrogens (primary N) is 1. The van der Waals surface area contributed by atoms with E-state index >= 15 is 0 Å². The first-order valence-electron chi connectivity index (χ1n) is 6.84. The molecule has 2 rings (SSSR count). The number of hydrogen-bond acceptors (Lipinski definition) is 3. The van der Waals surface area contributed by atoms with Crippen LogP contribution in [0, 0.1) is 6.92 Å². The van der Waals surface area contributed by atoms with Gasteiger partial charge in [0.1, 0.15) is 5.75 Å². The summed E-state index contributed by atoms with van der Waals surface area (Å²) in [6.07, 6.45) is 0.512. The molecule has 6 heteroatoms. The summed E-state index contributed by atoms with van der Waals surface area (Å²) in [4.78, 5) is 0. The highest BCUT2D eigenvalue weighted by atomic mass is 19.3. The van der Waals surface area contributed by atoms with Gasteiger partial charge in [-0.2, -0.15) is 13.9 Å². The Morgan fingerprint density at radius 2 is 2.05 bits per heavy atom. The van der Waals surface area contributed by atoms with Crippen LogP contribution in [0.1, 0.15) is 29.9 Å². The van der Waals surface area contributed by atoms with E-state index in [1.54, 1.807) is 18.2 Å². The Labute approximate surface area is 122 Å². The van der Waals surface area contributed by atoms with Gasteiger partial charge in [0.05, 0.1) is 5.69 Å². The standard InChI is InChI=1S/C15H19F2N3O/c1-3-20-11(8-10(2)19-20)9-13(18)12-6-4-5-7-14(12)21-15(16)17/h4-8,13,15H,3,9,18H2,1-2H3. The van der Waals surface area contributed by atoms with Gasteiger partial charge in [-0.3, -0.25) is 4.68 Å². The van der Waals surface area contributed by atoms with Crippen molar-refractivity contribution in [2.75, 3.05) is 0 Å². The van der Waals surface area contributed by atoms with Crippen LogP contribution in [0.2, 0.25) is 0 Å². The Hall–Kier alpha value is -1.95. The third kappa shape index (κ3) is 3.78. The van der Waals surface area contributed by atoms with E-state index in [4.69, 9.17) is 5.73 Å². The molecule has 4 nitrogen and oxygen atoms in total. The molecule has 0 aliphatic heterocycles. The third-order valence-electron chi connectivity index (χ3n) is 3.25. The number of aromatic nitrogens is 2. The maximum atomic E-state index is 12.4. The average Bonchev–Trinajstić information content (AvgIpc) is 2.78. The smallest absolute Gasteiger partial charge is 0.387 e. The van der Waals surface area contributed by atoms with E-state index in [-0.39, 0.29) is 5.75 Å². The van der Waals surface area contributed by atoms with Crippen LogP contribution in [-0.4, -0.2) is 16.4 Å². The average molecular weight is 295 g/mol. The quantitative estimate of drug-likeness (QED) is 0.891. The molecule has 0 amide bonds. The molecule has 1 atom stereocenters. The molecule has 1 heterocycles. The van der Waals surface area contributed by atoms with Crippen molar-refractivity contribution in [3.05, 3.63) is 47.3 Å². The van der Waals surface area contributed by atoms with Gasteiger partial charge in [-0.05, 0) is 26.0 Å². The van der Waals surface area contributed by atoms with Gasteiger partial charge in [-0.15, -0.1) is 0 Å². The molecule has 1 aromatic heterocycles. The van der Waals surface area contributed by atoms with E-state index in [1.807, 2.05) is 24.6 Å². The molecular formula is C15H19F2N3O. The van der Waals surface area contributed by atoms with Gasteiger partial charge in [-0.1, -0.05) is 18.2 Å². The van der Waals surface area contributed by atoms with Crippen molar-refractivity contribution in [2.45, 2.75) is 39.5 Å². The lowest BCUT2D eigenvalue weighted by Crippen LogP contribution is -2.18. The van der Waals surface area contributed by atoms with E-state index < -0.39 is 12.7 Å². The Balaban J connectivity index is 2.22. The van der Waals surface area contributed by atoms with Gasteiger partial charge < -0.3 is 10.5 Å². The number of nitrogens with zero attached hydrogens (tertiary/aromatic N) is 2. The zero-order valence-electron chi connectivity index (χ0n) is 12.1. The molecule has 0 spiro atoms. The van der Waals surface area contributed by atoms with Gasteiger partial charge in [0.15, 0.2) is 0 Å². The summed E-state index contributed by atoms with van der Waals surface area (Å²) in [5, 5.41) is 4.36. The normalized spacial score (nSPS) is 12.7. The highest BCUT2D eigenvalue weighted by molar-refractivity contribution is 5.36. The fourth-order valence-electron chi connectivity index (χ4n) is 2.36. The second kappa shape index (κ2) is 6.67. The lowest BCUT2D eigenvalue weighted by atomic mass is 10.0. The fourth-order valence-corrected chi connectivity index (χ4v) is 2.36. The van der Waals surface area contributed by atoms with Gasteiger partial charge in [0, 0.05) is 30.3 Å². The van der Waals surface area contributed by atoms with Crippen molar-refractivity contribution in [1.82, 2.24) is 9.78 Å². The minimum absolute atomic E-state index is 0.124. The highest BCUT2D eigenvalue weighted by Gasteiger charge is 2.17. The lowest BCUT2D eigenvalue weighted by Gasteiger charge is -2.17. The molecule has 0 saturated carbocycles. The number of hydrogen-bond donors (Lipinski definition) is 1. The monoisotopic (exact) mass is 295 g/mol. The van der Waals surface area contributed by atoms with Gasteiger partial charge in [-0.25, -0.2) is 0 Å². The number of alkyl halides is 2. The van der Waals surface area contributed by atoms with E-state index in [1.165, 1.54) is 6.07 Å². The fraction of sp³-hybridized carbons (Fsp3) is 0.400. The van der Waals surface area contributed by atoms with Crippen molar-refractivity contribution in [2.24, 2.45) is 5.73 Å².